The maximum atomic E-state index is 12.3. The predicted molar refractivity (Wildman–Crippen MR) is 78.3 cm³/mol. The number of rotatable bonds is 4. The Morgan fingerprint density at radius 1 is 1.45 bits per heavy atom. The monoisotopic (exact) mass is 359 g/mol. The van der Waals surface area contributed by atoms with Gasteiger partial charge in [-0.2, -0.15) is 0 Å². The average Bonchev–Trinajstić information content (AvgIpc) is 2.74. The number of sulfonamides is 1. The van der Waals surface area contributed by atoms with Gasteiger partial charge in [0, 0.05) is 17.2 Å². The van der Waals surface area contributed by atoms with E-state index in [4.69, 9.17) is 5.73 Å². The lowest BCUT2D eigenvalue weighted by Gasteiger charge is -2.14. The summed E-state index contributed by atoms with van der Waals surface area (Å²) in [5.74, 6) is 0.528. The van der Waals surface area contributed by atoms with Crippen LogP contribution in [0.5, 0.6) is 0 Å². The normalized spacial score (nSPS) is 13.3. The summed E-state index contributed by atoms with van der Waals surface area (Å²) >= 11 is 3.20. The summed E-state index contributed by atoms with van der Waals surface area (Å²) in [6, 6.07) is 4.02. The third kappa shape index (κ3) is 3.00. The first-order valence-electron chi connectivity index (χ1n) is 5.72. The summed E-state index contributed by atoms with van der Waals surface area (Å²) < 4.78 is 29.3. The molecule has 0 radical (unpaired) electrons. The quantitative estimate of drug-likeness (QED) is 0.798. The molecule has 7 nitrogen and oxygen atoms in total. The predicted octanol–water partition coefficient (Wildman–Crippen LogP) is 1.20. The molecule has 0 aliphatic carbocycles. The highest BCUT2D eigenvalue weighted by atomic mass is 79.9. The second kappa shape index (κ2) is 5.51. The molecule has 0 saturated carbocycles. The Hall–Kier alpha value is -1.45. The number of halogens is 1. The number of hydrogen-bond donors (Lipinski definition) is 2. The van der Waals surface area contributed by atoms with Crippen molar-refractivity contribution in [3.05, 3.63) is 34.8 Å². The van der Waals surface area contributed by atoms with Gasteiger partial charge in [-0.05, 0) is 41.1 Å². The second-order valence-corrected chi connectivity index (χ2v) is 6.87. The number of nitrogen functional groups attached to an aromatic ring is 1. The fourth-order valence-corrected chi connectivity index (χ4v) is 4.06. The Balaban J connectivity index is 2.30. The Morgan fingerprint density at radius 2 is 2.15 bits per heavy atom. The van der Waals surface area contributed by atoms with Crippen LogP contribution in [0.4, 0.5) is 5.69 Å². The van der Waals surface area contributed by atoms with E-state index in [1.165, 1.54) is 18.5 Å². The van der Waals surface area contributed by atoms with Crippen molar-refractivity contribution >= 4 is 31.6 Å². The fraction of sp³-hybridized carbons (Fsp3) is 0.273. The summed E-state index contributed by atoms with van der Waals surface area (Å²) in [5, 5.41) is 7.61. The van der Waals surface area contributed by atoms with Crippen molar-refractivity contribution < 1.29 is 8.42 Å². The molecule has 1 unspecified atom stereocenters. The van der Waals surface area contributed by atoms with Gasteiger partial charge in [0.25, 0.3) is 0 Å². The first-order valence-corrected chi connectivity index (χ1v) is 8.00. The SMILES string of the molecule is CC(NS(=O)(=O)c1ccc(N)cc1Br)c1nncn1C. The zero-order valence-corrected chi connectivity index (χ0v) is 13.3. The van der Waals surface area contributed by atoms with E-state index in [0.717, 1.165) is 0 Å². The maximum absolute atomic E-state index is 12.3. The summed E-state index contributed by atoms with van der Waals surface area (Å²) in [4.78, 5) is 0.126. The van der Waals surface area contributed by atoms with Gasteiger partial charge >= 0.3 is 0 Å². The van der Waals surface area contributed by atoms with Crippen LogP contribution in [-0.2, 0) is 17.1 Å². The number of benzene rings is 1. The summed E-state index contributed by atoms with van der Waals surface area (Å²) in [6.45, 7) is 1.70. The van der Waals surface area contributed by atoms with Crippen LogP contribution < -0.4 is 10.5 Å². The van der Waals surface area contributed by atoms with E-state index >= 15 is 0 Å². The van der Waals surface area contributed by atoms with E-state index in [0.29, 0.717) is 16.0 Å². The van der Waals surface area contributed by atoms with Crippen molar-refractivity contribution in [1.82, 2.24) is 19.5 Å². The highest BCUT2D eigenvalue weighted by Crippen LogP contribution is 2.25. The molecular formula is C11H14BrN5O2S. The lowest BCUT2D eigenvalue weighted by atomic mass is 10.3. The van der Waals surface area contributed by atoms with Crippen LogP contribution in [-0.4, -0.2) is 23.2 Å². The molecule has 2 aromatic rings. The Kier molecular flexibility index (Phi) is 4.11. The van der Waals surface area contributed by atoms with Gasteiger partial charge in [0.15, 0.2) is 0 Å². The number of anilines is 1. The van der Waals surface area contributed by atoms with E-state index in [-0.39, 0.29) is 4.90 Å². The van der Waals surface area contributed by atoms with Crippen molar-refractivity contribution in [2.45, 2.75) is 17.9 Å². The minimum atomic E-state index is -3.68. The Bertz CT molecular complexity index is 728. The fourth-order valence-electron chi connectivity index (χ4n) is 1.77. The molecule has 20 heavy (non-hydrogen) atoms. The number of nitrogens with one attached hydrogen (secondary N) is 1. The van der Waals surface area contributed by atoms with E-state index in [9.17, 15) is 8.42 Å². The molecule has 0 fully saturated rings. The molecule has 1 atom stereocenters. The molecule has 2 rings (SSSR count). The molecule has 0 saturated heterocycles. The van der Waals surface area contributed by atoms with E-state index < -0.39 is 16.1 Å². The van der Waals surface area contributed by atoms with Gasteiger partial charge in [0.2, 0.25) is 10.0 Å². The molecule has 1 aromatic heterocycles. The molecular weight excluding hydrogens is 346 g/mol. The summed E-state index contributed by atoms with van der Waals surface area (Å²) in [7, 11) is -1.93. The van der Waals surface area contributed by atoms with Crippen molar-refractivity contribution in [2.24, 2.45) is 7.05 Å². The first kappa shape index (κ1) is 14.9. The Labute approximate surface area is 125 Å². The zero-order chi connectivity index (χ0) is 14.9. The smallest absolute Gasteiger partial charge is 0.242 e. The van der Waals surface area contributed by atoms with Crippen LogP contribution in [0, 0.1) is 0 Å². The van der Waals surface area contributed by atoms with Crippen LogP contribution in [0.3, 0.4) is 0 Å². The molecule has 1 heterocycles. The van der Waals surface area contributed by atoms with E-state index in [1.54, 1.807) is 24.6 Å². The second-order valence-electron chi connectivity index (χ2n) is 4.33. The van der Waals surface area contributed by atoms with Crippen LogP contribution in [0.1, 0.15) is 18.8 Å². The van der Waals surface area contributed by atoms with Gasteiger partial charge in [-0.3, -0.25) is 0 Å². The van der Waals surface area contributed by atoms with Gasteiger partial charge in [0.1, 0.15) is 12.2 Å². The standard InChI is InChI=1S/C11H14BrN5O2S/c1-7(11-15-14-6-17(11)2)16-20(18,19)10-4-3-8(13)5-9(10)12/h3-7,16H,13H2,1-2H3. The molecule has 1 aromatic carbocycles. The largest absolute Gasteiger partial charge is 0.399 e. The van der Waals surface area contributed by atoms with Gasteiger partial charge in [-0.15, -0.1) is 10.2 Å². The number of hydrogen-bond acceptors (Lipinski definition) is 5. The van der Waals surface area contributed by atoms with Gasteiger partial charge < -0.3 is 10.3 Å². The molecule has 9 heteroatoms. The van der Waals surface area contributed by atoms with Gasteiger partial charge in [0.05, 0.1) is 10.9 Å². The lowest BCUT2D eigenvalue weighted by Crippen LogP contribution is -2.28. The van der Waals surface area contributed by atoms with Crippen LogP contribution in [0.15, 0.2) is 33.9 Å². The molecule has 0 bridgehead atoms. The number of nitrogens with zero attached hydrogens (tertiary/aromatic N) is 3. The summed E-state index contributed by atoms with van der Waals surface area (Å²) in [6.07, 6.45) is 1.51. The number of nitrogens with two attached hydrogens (primary N) is 1. The number of aromatic nitrogens is 3. The average molecular weight is 360 g/mol. The van der Waals surface area contributed by atoms with Crippen LogP contribution in [0.25, 0.3) is 0 Å². The van der Waals surface area contributed by atoms with Crippen LogP contribution in [0.2, 0.25) is 0 Å². The zero-order valence-electron chi connectivity index (χ0n) is 10.9. The third-order valence-electron chi connectivity index (χ3n) is 2.71. The Morgan fingerprint density at radius 3 is 2.70 bits per heavy atom. The third-order valence-corrected chi connectivity index (χ3v) is 5.23. The molecule has 0 aliphatic heterocycles. The van der Waals surface area contributed by atoms with Crippen molar-refractivity contribution in [2.75, 3.05) is 5.73 Å². The topological polar surface area (TPSA) is 103 Å². The van der Waals surface area contributed by atoms with Crippen molar-refractivity contribution in [3.63, 3.8) is 0 Å². The van der Waals surface area contributed by atoms with Gasteiger partial charge in [-0.25, -0.2) is 13.1 Å². The lowest BCUT2D eigenvalue weighted by molar-refractivity contribution is 0.553. The maximum Gasteiger partial charge on any atom is 0.242 e. The highest BCUT2D eigenvalue weighted by Gasteiger charge is 2.23. The molecule has 0 amide bonds. The van der Waals surface area contributed by atoms with Gasteiger partial charge in [-0.1, -0.05) is 0 Å². The van der Waals surface area contributed by atoms with E-state index in [2.05, 4.69) is 30.8 Å². The molecule has 0 aliphatic rings. The molecule has 108 valence electrons. The minimum Gasteiger partial charge on any atom is -0.399 e. The van der Waals surface area contributed by atoms with Crippen molar-refractivity contribution in [1.29, 1.82) is 0 Å². The highest BCUT2D eigenvalue weighted by molar-refractivity contribution is 9.10. The number of aryl methyl sites for hydroxylation is 1. The summed E-state index contributed by atoms with van der Waals surface area (Å²) in [5.41, 5.74) is 6.09. The van der Waals surface area contributed by atoms with Crippen molar-refractivity contribution in [3.8, 4) is 0 Å². The van der Waals surface area contributed by atoms with Crippen LogP contribution >= 0.6 is 15.9 Å². The van der Waals surface area contributed by atoms with E-state index in [1.807, 2.05) is 0 Å². The molecule has 0 spiro atoms. The molecule has 3 N–H and O–H groups in total. The first-order chi connectivity index (χ1) is 9.31. The minimum absolute atomic E-state index is 0.126.